The Morgan fingerprint density at radius 2 is 0.932 bits per heavy atom. The number of phenolic OH excluding ortho intramolecular Hbond substituents is 4. The second kappa shape index (κ2) is 18.6. The first-order chi connectivity index (χ1) is 20.3. The summed E-state index contributed by atoms with van der Waals surface area (Å²) in [6.45, 7) is 11.6. The lowest BCUT2D eigenvalue weighted by Crippen LogP contribution is -1.90. The monoisotopic (exact) mass is 600 g/mol. The van der Waals surface area contributed by atoms with Crippen molar-refractivity contribution >= 4 is 0 Å². The Morgan fingerprint density at radius 1 is 0.545 bits per heavy atom. The molecule has 4 aromatic rings. The van der Waals surface area contributed by atoms with Gasteiger partial charge < -0.3 is 29.9 Å². The smallest absolute Gasteiger partial charge is 0.201 e. The third-order valence-corrected chi connectivity index (χ3v) is 6.37. The topological polar surface area (TPSA) is 99.4 Å². The fourth-order valence-electron chi connectivity index (χ4n) is 4.30. The summed E-state index contributed by atoms with van der Waals surface area (Å²) in [5.74, 6) is 0.938. The van der Waals surface area contributed by atoms with Gasteiger partial charge in [-0.25, -0.2) is 0 Å². The maximum Gasteiger partial charge on any atom is 0.201 e. The van der Waals surface area contributed by atoms with Crippen molar-refractivity contribution in [3.05, 3.63) is 120 Å². The van der Waals surface area contributed by atoms with Crippen molar-refractivity contribution in [2.45, 2.75) is 67.2 Å². The molecule has 0 saturated heterocycles. The lowest BCUT2D eigenvalue weighted by atomic mass is 10.1. The van der Waals surface area contributed by atoms with Crippen LogP contribution in [0.1, 0.15) is 63.8 Å². The molecule has 0 aromatic heterocycles. The van der Waals surface area contributed by atoms with E-state index in [0.29, 0.717) is 23.7 Å². The van der Waals surface area contributed by atoms with Crippen molar-refractivity contribution < 1.29 is 29.9 Å². The Morgan fingerprint density at radius 3 is 1.39 bits per heavy atom. The number of ether oxygens (including phenoxy) is 2. The lowest BCUT2D eigenvalue weighted by molar-refractivity contribution is 0.372. The molecule has 6 heteroatoms. The second-order valence-electron chi connectivity index (χ2n) is 9.90. The predicted octanol–water partition coefficient (Wildman–Crippen LogP) is 10.4. The predicted molar refractivity (Wildman–Crippen MR) is 182 cm³/mol. The standard InChI is InChI=1S/C18H22O3.C18H18O3.2CH4/c2*1-3-5-13-7-9-15(10-8-13)21-17-12-14(6-4-2)11-16(19)18(17)20;;/h7-12,19-20H,3-6H2,1-2H3;3-4,7-12,19-20H,1-2,5-6H2;2*1H4. The molecule has 4 rings (SSSR count). The Hall–Kier alpha value is -4.84. The van der Waals surface area contributed by atoms with Crippen LogP contribution in [0.15, 0.2) is 98.1 Å². The normalized spacial score (nSPS) is 9.86. The Labute approximate surface area is 263 Å². The van der Waals surface area contributed by atoms with E-state index >= 15 is 0 Å². The SMILES string of the molecule is C.C.C=CCc1ccc(Oc2cc(CC=C)cc(O)c2O)cc1.CCCc1ccc(Oc2cc(CCC)cc(O)c2O)cc1. The highest BCUT2D eigenvalue weighted by molar-refractivity contribution is 5.54. The molecular formula is C38H48O6. The van der Waals surface area contributed by atoms with Gasteiger partial charge in [0.05, 0.1) is 0 Å². The molecule has 0 heterocycles. The zero-order valence-corrected chi connectivity index (χ0v) is 24.3. The Balaban J connectivity index is 0.000000421. The van der Waals surface area contributed by atoms with E-state index in [9.17, 15) is 20.4 Å². The molecule has 0 bridgehead atoms. The van der Waals surface area contributed by atoms with Crippen LogP contribution >= 0.6 is 0 Å². The van der Waals surface area contributed by atoms with E-state index in [1.165, 1.54) is 11.6 Å². The van der Waals surface area contributed by atoms with Gasteiger partial charge in [-0.1, -0.05) is 78.0 Å². The number of aromatic hydroxyl groups is 4. The number of allylic oxidation sites excluding steroid dienone is 2. The fraction of sp³-hybridized carbons (Fsp3) is 0.263. The van der Waals surface area contributed by atoms with Crippen molar-refractivity contribution in [2.75, 3.05) is 0 Å². The van der Waals surface area contributed by atoms with Gasteiger partial charge >= 0.3 is 0 Å². The number of phenols is 4. The van der Waals surface area contributed by atoms with Crippen LogP contribution in [-0.4, -0.2) is 20.4 Å². The minimum absolute atomic E-state index is 0. The average molecular weight is 601 g/mol. The lowest BCUT2D eigenvalue weighted by Gasteiger charge is -2.11. The van der Waals surface area contributed by atoms with Gasteiger partial charge in [0.15, 0.2) is 23.0 Å². The third-order valence-electron chi connectivity index (χ3n) is 6.37. The molecular weight excluding hydrogens is 552 g/mol. The molecule has 0 saturated carbocycles. The molecule has 6 nitrogen and oxygen atoms in total. The summed E-state index contributed by atoms with van der Waals surface area (Å²) in [5, 5.41) is 39.3. The van der Waals surface area contributed by atoms with E-state index < -0.39 is 0 Å². The second-order valence-corrected chi connectivity index (χ2v) is 9.90. The van der Waals surface area contributed by atoms with E-state index in [4.69, 9.17) is 9.47 Å². The van der Waals surface area contributed by atoms with E-state index in [-0.39, 0.29) is 43.6 Å². The number of aryl methyl sites for hydroxylation is 2. The first-order valence-corrected chi connectivity index (χ1v) is 14.1. The van der Waals surface area contributed by atoms with Crippen LogP contribution in [0, 0.1) is 0 Å². The first-order valence-electron chi connectivity index (χ1n) is 14.1. The van der Waals surface area contributed by atoms with Crippen molar-refractivity contribution in [3.63, 3.8) is 0 Å². The van der Waals surface area contributed by atoms with Gasteiger partial charge in [0, 0.05) is 0 Å². The molecule has 0 amide bonds. The van der Waals surface area contributed by atoms with Gasteiger partial charge in [0.25, 0.3) is 0 Å². The molecule has 0 aliphatic heterocycles. The van der Waals surface area contributed by atoms with Crippen molar-refractivity contribution in [1.29, 1.82) is 0 Å². The van der Waals surface area contributed by atoms with Crippen molar-refractivity contribution in [1.82, 2.24) is 0 Å². The van der Waals surface area contributed by atoms with Crippen LogP contribution in [0.4, 0.5) is 0 Å². The van der Waals surface area contributed by atoms with Crippen LogP contribution in [0.3, 0.4) is 0 Å². The highest BCUT2D eigenvalue weighted by Crippen LogP contribution is 2.40. The van der Waals surface area contributed by atoms with Crippen LogP contribution < -0.4 is 9.47 Å². The van der Waals surface area contributed by atoms with Gasteiger partial charge in [0.2, 0.25) is 11.5 Å². The van der Waals surface area contributed by atoms with Gasteiger partial charge in [0.1, 0.15) is 11.5 Å². The molecule has 0 unspecified atom stereocenters. The zero-order chi connectivity index (χ0) is 30.5. The highest BCUT2D eigenvalue weighted by atomic mass is 16.5. The summed E-state index contributed by atoms with van der Waals surface area (Å²) in [7, 11) is 0. The van der Waals surface area contributed by atoms with Gasteiger partial charge in [-0.3, -0.25) is 0 Å². The molecule has 4 N–H and O–H groups in total. The van der Waals surface area contributed by atoms with Crippen LogP contribution in [0.2, 0.25) is 0 Å². The van der Waals surface area contributed by atoms with Gasteiger partial charge in [-0.15, -0.1) is 13.2 Å². The van der Waals surface area contributed by atoms with Crippen LogP contribution in [-0.2, 0) is 25.7 Å². The van der Waals surface area contributed by atoms with Gasteiger partial charge in [-0.05, 0) is 96.5 Å². The minimum Gasteiger partial charge on any atom is -0.504 e. The summed E-state index contributed by atoms with van der Waals surface area (Å²) in [5.41, 5.74) is 4.16. The Bertz CT molecular complexity index is 1460. The number of benzene rings is 4. The van der Waals surface area contributed by atoms with Gasteiger partial charge in [-0.2, -0.15) is 0 Å². The molecule has 44 heavy (non-hydrogen) atoms. The number of hydrogen-bond donors (Lipinski definition) is 4. The molecule has 0 aliphatic carbocycles. The van der Waals surface area contributed by atoms with Crippen LogP contribution in [0.25, 0.3) is 0 Å². The number of rotatable bonds is 12. The zero-order valence-electron chi connectivity index (χ0n) is 24.3. The summed E-state index contributed by atoms with van der Waals surface area (Å²) in [6.07, 6.45) is 8.88. The summed E-state index contributed by atoms with van der Waals surface area (Å²) < 4.78 is 11.3. The van der Waals surface area contributed by atoms with E-state index in [2.05, 4.69) is 27.0 Å². The van der Waals surface area contributed by atoms with E-state index in [0.717, 1.165) is 48.8 Å². The summed E-state index contributed by atoms with van der Waals surface area (Å²) in [4.78, 5) is 0. The molecule has 0 spiro atoms. The molecule has 0 atom stereocenters. The fourth-order valence-corrected chi connectivity index (χ4v) is 4.30. The molecule has 0 aliphatic rings. The highest BCUT2D eigenvalue weighted by Gasteiger charge is 2.12. The number of hydrogen-bond acceptors (Lipinski definition) is 6. The first kappa shape index (κ1) is 37.2. The maximum atomic E-state index is 9.92. The molecule has 0 radical (unpaired) electrons. The molecule has 236 valence electrons. The largest absolute Gasteiger partial charge is 0.504 e. The third kappa shape index (κ3) is 10.8. The van der Waals surface area contributed by atoms with E-state index in [1.807, 2.05) is 54.6 Å². The molecule has 0 fully saturated rings. The average Bonchev–Trinajstić information content (AvgIpc) is 2.97. The molecule has 4 aromatic carbocycles. The minimum atomic E-state index is -0.266. The Kier molecular flexibility index (Phi) is 15.8. The van der Waals surface area contributed by atoms with Crippen LogP contribution in [0.5, 0.6) is 46.0 Å². The summed E-state index contributed by atoms with van der Waals surface area (Å²) >= 11 is 0. The van der Waals surface area contributed by atoms with E-state index in [1.54, 1.807) is 24.3 Å². The summed E-state index contributed by atoms with van der Waals surface area (Å²) in [6, 6.07) is 21.8. The van der Waals surface area contributed by atoms with Crippen molar-refractivity contribution in [3.8, 4) is 46.0 Å². The quantitative estimate of drug-likeness (QED) is 0.0954. The maximum absolute atomic E-state index is 9.92. The van der Waals surface area contributed by atoms with Crippen molar-refractivity contribution in [2.24, 2.45) is 0 Å².